The molecule has 0 fully saturated rings. The van der Waals surface area contributed by atoms with Gasteiger partial charge < -0.3 is 19.1 Å². The first-order chi connectivity index (χ1) is 33.3. The Hall–Kier alpha value is -7.20. The van der Waals surface area contributed by atoms with Crippen molar-refractivity contribution in [3.8, 4) is 50.7 Å². The molecule has 0 spiro atoms. The summed E-state index contributed by atoms with van der Waals surface area (Å²) in [6.45, 7) is 20.0. The van der Waals surface area contributed by atoms with Crippen LogP contribution in [-0.2, 0) is 31.9 Å². The molecule has 0 radical (unpaired) electrons. The van der Waals surface area contributed by atoms with E-state index in [0.717, 1.165) is 89.3 Å². The van der Waals surface area contributed by atoms with Gasteiger partial charge >= 0.3 is 0 Å². The molecule has 6 heteroatoms. The molecule has 0 unspecified atom stereocenters. The fourth-order valence-corrected chi connectivity index (χ4v) is 9.66. The van der Waals surface area contributed by atoms with E-state index in [1.165, 1.54) is 16.7 Å². The first-order valence-corrected chi connectivity index (χ1v) is 23.9. The van der Waals surface area contributed by atoms with Crippen LogP contribution in [0.2, 0.25) is 0 Å². The van der Waals surface area contributed by atoms with Crippen LogP contribution in [0.5, 0.6) is 11.5 Å². The second-order valence-electron chi connectivity index (χ2n) is 20.4. The Labute approximate surface area is 427 Å². The Morgan fingerprint density at radius 2 is 1.11 bits per heavy atom. The Kier molecular flexibility index (Phi) is 12.1. The Morgan fingerprint density at radius 3 is 1.80 bits per heavy atom. The molecule has 0 atom stereocenters. The third-order valence-electron chi connectivity index (χ3n) is 13.5. The summed E-state index contributed by atoms with van der Waals surface area (Å²) < 4.78 is 8.97. The van der Waals surface area contributed by atoms with Gasteiger partial charge in [0.25, 0.3) is 0 Å². The number of anilines is 4. The maximum Gasteiger partial charge on any atom is 0.135 e. The number of para-hydroxylation sites is 3. The van der Waals surface area contributed by atoms with Crippen LogP contribution >= 0.6 is 0 Å². The number of hydrogen-bond acceptors (Lipinski definition) is 4. The molecule has 70 heavy (non-hydrogen) atoms. The molecular formula is C64H55N4OPt-3. The van der Waals surface area contributed by atoms with Crippen molar-refractivity contribution in [2.24, 2.45) is 0 Å². The Bertz CT molecular complexity index is 3540. The van der Waals surface area contributed by atoms with Crippen molar-refractivity contribution in [3.05, 3.63) is 223 Å². The minimum atomic E-state index is -0.0169. The van der Waals surface area contributed by atoms with Crippen molar-refractivity contribution in [2.45, 2.75) is 66.2 Å². The first kappa shape index (κ1) is 46.5. The van der Waals surface area contributed by atoms with Crippen LogP contribution in [0.4, 0.5) is 22.7 Å². The zero-order chi connectivity index (χ0) is 47.6. The van der Waals surface area contributed by atoms with Crippen molar-refractivity contribution in [3.63, 3.8) is 0 Å². The fraction of sp³-hybridized carbons (Fsp3) is 0.156. The molecule has 1 aliphatic heterocycles. The number of rotatable bonds is 8. The predicted octanol–water partition coefficient (Wildman–Crippen LogP) is 17.2. The van der Waals surface area contributed by atoms with Gasteiger partial charge in [-0.2, -0.15) is 12.1 Å². The summed E-state index contributed by atoms with van der Waals surface area (Å²) >= 11 is 0. The largest absolute Gasteiger partial charge is 0.509 e. The standard InChI is InChI=1S/C64H55N4O.Pt/c1-42-24-26-46(27-25-42)56-40-65-61(36-43(56)2)68-57-35-32-48(64(6,7)8)37-55(57)54-34-33-51(39-60(54)68)69-50-19-14-18-49(38-50)66-41-67(59-23-13-12-22-58(59)66)62-52(44-16-10-9-11-17-44)20-15-21-53(62)45-28-30-47(31-29-45)63(3,4)5;/h9-37,40-41H,1-8H3;/q-3;. The first-order valence-electron chi connectivity index (χ1n) is 23.9. The molecule has 0 aliphatic carbocycles. The summed E-state index contributed by atoms with van der Waals surface area (Å²) in [6, 6.07) is 70.2. The molecule has 8 aromatic carbocycles. The van der Waals surface area contributed by atoms with Crippen molar-refractivity contribution in [1.82, 2.24) is 9.55 Å². The van der Waals surface area contributed by atoms with Gasteiger partial charge in [0.15, 0.2) is 0 Å². The van der Waals surface area contributed by atoms with Gasteiger partial charge in [-0.1, -0.05) is 174 Å². The second-order valence-corrected chi connectivity index (χ2v) is 20.4. The number of ether oxygens (including phenoxy) is 1. The van der Waals surface area contributed by atoms with Gasteiger partial charge in [-0.3, -0.25) is 0 Å². The molecule has 0 saturated heterocycles. The second kappa shape index (κ2) is 18.3. The molecule has 1 aliphatic rings. The minimum Gasteiger partial charge on any atom is -0.509 e. The van der Waals surface area contributed by atoms with E-state index in [4.69, 9.17) is 9.72 Å². The van der Waals surface area contributed by atoms with E-state index in [-0.39, 0.29) is 31.9 Å². The molecule has 350 valence electrons. The van der Waals surface area contributed by atoms with Crippen LogP contribution in [0, 0.1) is 32.6 Å². The molecule has 0 amide bonds. The van der Waals surface area contributed by atoms with Gasteiger partial charge in [-0.25, -0.2) is 4.98 Å². The van der Waals surface area contributed by atoms with Crippen LogP contribution < -0.4 is 14.5 Å². The number of aryl methyl sites for hydroxylation is 2. The fourth-order valence-electron chi connectivity index (χ4n) is 9.66. The van der Waals surface area contributed by atoms with Crippen LogP contribution in [0.15, 0.2) is 182 Å². The molecular weight excluding hydrogens is 1040 g/mol. The summed E-state index contributed by atoms with van der Waals surface area (Å²) in [5.41, 5.74) is 17.9. The van der Waals surface area contributed by atoms with Crippen molar-refractivity contribution in [1.29, 1.82) is 0 Å². The number of nitrogens with zero attached hydrogens (tertiary/aromatic N) is 4. The van der Waals surface area contributed by atoms with Crippen molar-refractivity contribution < 1.29 is 25.8 Å². The number of hydrogen-bond donors (Lipinski definition) is 0. The predicted molar refractivity (Wildman–Crippen MR) is 287 cm³/mol. The quantitative estimate of drug-likeness (QED) is 0.142. The molecule has 2 aromatic heterocycles. The number of benzene rings is 8. The summed E-state index contributed by atoms with van der Waals surface area (Å²) in [5.74, 6) is 2.02. The molecule has 5 nitrogen and oxygen atoms in total. The summed E-state index contributed by atoms with van der Waals surface area (Å²) in [4.78, 5) is 9.65. The van der Waals surface area contributed by atoms with Gasteiger partial charge in [0.05, 0.1) is 0 Å². The monoisotopic (exact) mass is 1090 g/mol. The smallest absolute Gasteiger partial charge is 0.135 e. The molecule has 11 rings (SSSR count). The van der Waals surface area contributed by atoms with Gasteiger partial charge in [-0.15, -0.1) is 48.1 Å². The maximum absolute atomic E-state index is 6.75. The number of pyridine rings is 1. The molecule has 0 N–H and O–H groups in total. The summed E-state index contributed by atoms with van der Waals surface area (Å²) in [6.07, 6.45) is 2.00. The van der Waals surface area contributed by atoms with E-state index in [1.54, 1.807) is 0 Å². The normalized spacial score (nSPS) is 12.6. The maximum atomic E-state index is 6.75. The molecule has 10 aromatic rings. The molecule has 3 heterocycles. The average molecular weight is 1090 g/mol. The topological polar surface area (TPSA) is 33.5 Å². The van der Waals surface area contributed by atoms with E-state index in [9.17, 15) is 0 Å². The van der Waals surface area contributed by atoms with Crippen LogP contribution in [0.1, 0.15) is 63.8 Å². The van der Waals surface area contributed by atoms with E-state index < -0.39 is 0 Å². The summed E-state index contributed by atoms with van der Waals surface area (Å²) in [7, 11) is 0. The van der Waals surface area contributed by atoms with Crippen LogP contribution in [0.25, 0.3) is 61.0 Å². The van der Waals surface area contributed by atoms with Crippen LogP contribution in [-0.4, -0.2) is 9.55 Å². The van der Waals surface area contributed by atoms with Crippen LogP contribution in [0.3, 0.4) is 0 Å². The third kappa shape index (κ3) is 8.62. The van der Waals surface area contributed by atoms with E-state index in [1.807, 2.05) is 24.4 Å². The third-order valence-corrected chi connectivity index (χ3v) is 13.5. The van der Waals surface area contributed by atoms with E-state index >= 15 is 0 Å². The molecule has 0 bridgehead atoms. The average Bonchev–Trinajstić information content (AvgIpc) is 3.89. The number of fused-ring (bicyclic) bond motifs is 4. The Morgan fingerprint density at radius 1 is 0.514 bits per heavy atom. The van der Waals surface area contributed by atoms with E-state index in [2.05, 4.69) is 246 Å². The van der Waals surface area contributed by atoms with Crippen molar-refractivity contribution >= 4 is 44.6 Å². The zero-order valence-electron chi connectivity index (χ0n) is 40.9. The minimum absolute atomic E-state index is 0. The Balaban J connectivity index is 0.00000567. The van der Waals surface area contributed by atoms with E-state index in [0.29, 0.717) is 11.5 Å². The van der Waals surface area contributed by atoms with Gasteiger partial charge in [-0.05, 0) is 87.7 Å². The van der Waals surface area contributed by atoms with Gasteiger partial charge in [0.2, 0.25) is 0 Å². The SMILES string of the molecule is Cc1ccc(-c2cnc(-n3c4[c-]c(Oc5[c-]c(N6[CH-]N(c7c(-c8ccccc8)cccc7-c7ccc(C(C)(C)C)cc7)c7ccccc76)ccc5)ccc4c4cc(C(C)(C)C)ccc43)cc2C)cc1.[Pt]. The summed E-state index contributed by atoms with van der Waals surface area (Å²) in [5, 5.41) is 2.24. The van der Waals surface area contributed by atoms with Gasteiger partial charge in [0.1, 0.15) is 5.82 Å². The molecule has 0 saturated carbocycles. The zero-order valence-corrected chi connectivity index (χ0v) is 43.2. The number of aromatic nitrogens is 2. The van der Waals surface area contributed by atoms with Gasteiger partial charge in [0, 0.05) is 78.0 Å². The van der Waals surface area contributed by atoms with Crippen molar-refractivity contribution in [2.75, 3.05) is 9.80 Å².